The van der Waals surface area contributed by atoms with Crippen LogP contribution in [0.4, 0.5) is 0 Å². The van der Waals surface area contributed by atoms with Gasteiger partial charge in [-0.1, -0.05) is 5.21 Å². The first-order chi connectivity index (χ1) is 8.21. The lowest BCUT2D eigenvalue weighted by atomic mass is 10.4. The average molecular weight is 242 g/mol. The van der Waals surface area contributed by atoms with E-state index in [1.807, 2.05) is 13.8 Å². The first kappa shape index (κ1) is 13.6. The molecule has 17 heavy (non-hydrogen) atoms. The smallest absolute Gasteiger partial charge is 0.273 e. The maximum absolute atomic E-state index is 11.3. The fraction of sp³-hybridized carbons (Fsp3) is 0.700. The zero-order chi connectivity index (χ0) is 12.7. The molecule has 0 fully saturated rings. The molecule has 7 nitrogen and oxygen atoms in total. The zero-order valence-electron chi connectivity index (χ0n) is 10.3. The Kier molecular flexibility index (Phi) is 5.58. The van der Waals surface area contributed by atoms with Crippen molar-refractivity contribution >= 4 is 5.91 Å². The molecule has 0 saturated heterocycles. The van der Waals surface area contributed by atoms with Crippen LogP contribution in [-0.2, 0) is 16.0 Å². The highest BCUT2D eigenvalue weighted by molar-refractivity contribution is 5.91. The number of hydrogen-bond donors (Lipinski definition) is 1. The van der Waals surface area contributed by atoms with E-state index >= 15 is 0 Å². The van der Waals surface area contributed by atoms with Crippen molar-refractivity contribution in [3.05, 3.63) is 11.9 Å². The highest BCUT2D eigenvalue weighted by atomic mass is 16.7. The Hall–Kier alpha value is -1.47. The lowest BCUT2D eigenvalue weighted by molar-refractivity contribution is -0.145. The van der Waals surface area contributed by atoms with Gasteiger partial charge in [-0.15, -0.1) is 5.10 Å². The Labute approximate surface area is 100 Å². The SMILES string of the molecule is CCOC(Cn1cc(C(=O)NC)nn1)OCC. The molecule has 0 aliphatic carbocycles. The predicted octanol–water partition coefficient (Wildman–Crippen LogP) is 0.0368. The van der Waals surface area contributed by atoms with Crippen LogP contribution in [0.25, 0.3) is 0 Å². The lowest BCUT2D eigenvalue weighted by Crippen LogP contribution is -2.24. The number of ether oxygens (including phenoxy) is 2. The average Bonchev–Trinajstić information content (AvgIpc) is 2.77. The standard InChI is InChI=1S/C10H18N4O3/c1-4-16-9(17-5-2)7-14-6-8(12-13-14)10(15)11-3/h6,9H,4-5,7H2,1-3H3,(H,11,15). The van der Waals surface area contributed by atoms with Gasteiger partial charge in [0, 0.05) is 20.3 Å². The molecule has 0 saturated carbocycles. The van der Waals surface area contributed by atoms with Gasteiger partial charge in [0.2, 0.25) is 0 Å². The van der Waals surface area contributed by atoms with Crippen LogP contribution in [0.1, 0.15) is 24.3 Å². The van der Waals surface area contributed by atoms with Gasteiger partial charge in [-0.05, 0) is 13.8 Å². The fourth-order valence-electron chi connectivity index (χ4n) is 1.30. The van der Waals surface area contributed by atoms with Crippen LogP contribution in [0.3, 0.4) is 0 Å². The molecule has 7 heteroatoms. The predicted molar refractivity (Wildman–Crippen MR) is 60.5 cm³/mol. The van der Waals surface area contributed by atoms with Crippen LogP contribution < -0.4 is 5.32 Å². The summed E-state index contributed by atoms with van der Waals surface area (Å²) in [6, 6.07) is 0. The molecule has 0 atom stereocenters. The molecule has 96 valence electrons. The van der Waals surface area contributed by atoms with Crippen LogP contribution in [0.15, 0.2) is 6.20 Å². The molecule has 0 radical (unpaired) electrons. The molecule has 0 aromatic carbocycles. The van der Waals surface area contributed by atoms with Crippen LogP contribution in [0, 0.1) is 0 Å². The summed E-state index contributed by atoms with van der Waals surface area (Å²) in [6.45, 7) is 5.31. The number of amides is 1. The summed E-state index contributed by atoms with van der Waals surface area (Å²) in [5.74, 6) is -0.263. The number of nitrogens with one attached hydrogen (secondary N) is 1. The molecule has 1 N–H and O–H groups in total. The topological polar surface area (TPSA) is 78.3 Å². The summed E-state index contributed by atoms with van der Waals surface area (Å²) in [7, 11) is 1.55. The minimum Gasteiger partial charge on any atom is -0.354 e. The second kappa shape index (κ2) is 6.97. The first-order valence-electron chi connectivity index (χ1n) is 5.56. The first-order valence-corrected chi connectivity index (χ1v) is 5.56. The zero-order valence-corrected chi connectivity index (χ0v) is 10.3. The largest absolute Gasteiger partial charge is 0.354 e. The van der Waals surface area contributed by atoms with E-state index in [1.165, 1.54) is 4.68 Å². The molecule has 1 aromatic rings. The van der Waals surface area contributed by atoms with Gasteiger partial charge in [-0.25, -0.2) is 4.68 Å². The van der Waals surface area contributed by atoms with E-state index in [4.69, 9.17) is 9.47 Å². The van der Waals surface area contributed by atoms with Crippen LogP contribution in [0.2, 0.25) is 0 Å². The molecule has 1 rings (SSSR count). The summed E-state index contributed by atoms with van der Waals surface area (Å²) in [6.07, 6.45) is 1.19. The Morgan fingerprint density at radius 2 is 2.12 bits per heavy atom. The van der Waals surface area contributed by atoms with Crippen LogP contribution >= 0.6 is 0 Å². The lowest BCUT2D eigenvalue weighted by Gasteiger charge is -2.16. The molecular weight excluding hydrogens is 224 g/mol. The Bertz CT molecular complexity index is 347. The molecule has 0 aliphatic heterocycles. The molecule has 1 aromatic heterocycles. The van der Waals surface area contributed by atoms with E-state index < -0.39 is 0 Å². The summed E-state index contributed by atoms with van der Waals surface area (Å²) < 4.78 is 12.3. The highest BCUT2D eigenvalue weighted by Crippen LogP contribution is 2.00. The normalized spacial score (nSPS) is 10.8. The minimum atomic E-state index is -0.371. The molecule has 1 heterocycles. The highest BCUT2D eigenvalue weighted by Gasteiger charge is 2.13. The van der Waals surface area contributed by atoms with Crippen molar-refractivity contribution in [3.8, 4) is 0 Å². The number of hydrogen-bond acceptors (Lipinski definition) is 5. The van der Waals surface area contributed by atoms with Crippen LogP contribution in [0.5, 0.6) is 0 Å². The van der Waals surface area contributed by atoms with E-state index in [-0.39, 0.29) is 17.9 Å². The Morgan fingerprint density at radius 1 is 1.47 bits per heavy atom. The van der Waals surface area contributed by atoms with Gasteiger partial charge in [-0.3, -0.25) is 4.79 Å². The van der Waals surface area contributed by atoms with Crippen LogP contribution in [-0.4, -0.2) is 47.5 Å². The van der Waals surface area contributed by atoms with E-state index in [0.29, 0.717) is 19.8 Å². The molecule has 1 amide bonds. The molecule has 0 unspecified atom stereocenters. The third-order valence-corrected chi connectivity index (χ3v) is 2.04. The second-order valence-electron chi connectivity index (χ2n) is 3.25. The van der Waals surface area contributed by atoms with Crippen molar-refractivity contribution in [2.24, 2.45) is 0 Å². The summed E-state index contributed by atoms with van der Waals surface area (Å²) >= 11 is 0. The molecule has 0 spiro atoms. The third-order valence-electron chi connectivity index (χ3n) is 2.04. The number of aromatic nitrogens is 3. The third kappa shape index (κ3) is 4.12. The van der Waals surface area contributed by atoms with E-state index in [1.54, 1.807) is 13.2 Å². The van der Waals surface area contributed by atoms with E-state index in [2.05, 4.69) is 15.6 Å². The van der Waals surface area contributed by atoms with Crippen molar-refractivity contribution in [3.63, 3.8) is 0 Å². The summed E-state index contributed by atoms with van der Waals surface area (Å²) in [5.41, 5.74) is 0.277. The van der Waals surface area contributed by atoms with Crippen molar-refractivity contribution in [1.82, 2.24) is 20.3 Å². The van der Waals surface area contributed by atoms with Gasteiger partial charge in [0.1, 0.15) is 0 Å². The molecule has 0 aliphatic rings. The monoisotopic (exact) mass is 242 g/mol. The Balaban J connectivity index is 2.60. The second-order valence-corrected chi connectivity index (χ2v) is 3.25. The molecule has 0 bridgehead atoms. The van der Waals surface area contributed by atoms with Crippen molar-refractivity contribution < 1.29 is 14.3 Å². The maximum Gasteiger partial charge on any atom is 0.273 e. The quantitative estimate of drug-likeness (QED) is 0.683. The number of rotatable bonds is 7. The molecular formula is C10H18N4O3. The van der Waals surface area contributed by atoms with E-state index in [0.717, 1.165) is 0 Å². The van der Waals surface area contributed by atoms with Crippen molar-refractivity contribution in [1.29, 1.82) is 0 Å². The van der Waals surface area contributed by atoms with Gasteiger partial charge in [0.05, 0.1) is 12.7 Å². The minimum absolute atomic E-state index is 0.263. The fourth-order valence-corrected chi connectivity index (χ4v) is 1.30. The van der Waals surface area contributed by atoms with Gasteiger partial charge in [-0.2, -0.15) is 0 Å². The summed E-state index contributed by atoms with van der Waals surface area (Å²) in [4.78, 5) is 11.3. The number of carbonyl (C=O) groups excluding carboxylic acids is 1. The number of carbonyl (C=O) groups is 1. The van der Waals surface area contributed by atoms with Gasteiger partial charge < -0.3 is 14.8 Å². The van der Waals surface area contributed by atoms with E-state index in [9.17, 15) is 4.79 Å². The van der Waals surface area contributed by atoms with Gasteiger partial charge >= 0.3 is 0 Å². The van der Waals surface area contributed by atoms with Gasteiger partial charge in [0.15, 0.2) is 12.0 Å². The van der Waals surface area contributed by atoms with Crippen molar-refractivity contribution in [2.45, 2.75) is 26.7 Å². The maximum atomic E-state index is 11.3. The number of nitrogens with zero attached hydrogens (tertiary/aromatic N) is 3. The summed E-state index contributed by atoms with van der Waals surface area (Å²) in [5, 5.41) is 10.1. The van der Waals surface area contributed by atoms with Crippen molar-refractivity contribution in [2.75, 3.05) is 20.3 Å². The Morgan fingerprint density at radius 3 is 2.65 bits per heavy atom. The van der Waals surface area contributed by atoms with Gasteiger partial charge in [0.25, 0.3) is 5.91 Å².